The molecular weight excluding hydrogens is 319 g/mol. The van der Waals surface area contributed by atoms with Crippen molar-refractivity contribution in [3.05, 3.63) is 60.7 Å². The molecule has 132 valence electrons. The quantitative estimate of drug-likeness (QED) is 0.433. The molecule has 0 spiro atoms. The van der Waals surface area contributed by atoms with Gasteiger partial charge in [-0.25, -0.2) is 0 Å². The van der Waals surface area contributed by atoms with Crippen LogP contribution in [0.3, 0.4) is 0 Å². The number of hydrogen-bond acceptors (Lipinski definition) is 3. The second-order valence-corrected chi connectivity index (χ2v) is 6.27. The van der Waals surface area contributed by atoms with Crippen molar-refractivity contribution in [3.63, 3.8) is 0 Å². The normalized spacial score (nSPS) is 11.5. The summed E-state index contributed by atoms with van der Waals surface area (Å²) >= 11 is 0. The van der Waals surface area contributed by atoms with Gasteiger partial charge in [0.15, 0.2) is 0 Å². The lowest BCUT2D eigenvalue weighted by atomic mass is 10.1. The lowest BCUT2D eigenvalue weighted by molar-refractivity contribution is 0.204. The van der Waals surface area contributed by atoms with Crippen molar-refractivity contribution >= 4 is 8.60 Å². The van der Waals surface area contributed by atoms with Crippen molar-refractivity contribution in [2.24, 2.45) is 0 Å². The Hall–Kier alpha value is -1.25. The molecule has 0 amide bonds. The first-order valence-corrected chi connectivity index (χ1v) is 9.76. The van der Waals surface area contributed by atoms with E-state index in [0.29, 0.717) is 13.2 Å². The predicted octanol–water partition coefficient (Wildman–Crippen LogP) is 6.19. The molecule has 0 radical (unpaired) electrons. The molecule has 0 bridgehead atoms. The Kier molecular flexibility index (Phi) is 12.2. The summed E-state index contributed by atoms with van der Waals surface area (Å²) in [4.78, 5) is 9.03. The van der Waals surface area contributed by atoms with Crippen LogP contribution in [0.2, 0.25) is 0 Å². The highest BCUT2D eigenvalue weighted by atomic mass is 31.2. The summed E-state index contributed by atoms with van der Waals surface area (Å²) in [5.74, 6) is 0. The number of hydrogen-bond donors (Lipinski definition) is 1. The first-order valence-electron chi connectivity index (χ1n) is 8.63. The Balaban J connectivity index is 0.000000240. The molecule has 1 atom stereocenters. The van der Waals surface area contributed by atoms with Crippen molar-refractivity contribution in [1.82, 2.24) is 0 Å². The molecule has 0 aliphatic heterocycles. The van der Waals surface area contributed by atoms with E-state index in [1.54, 1.807) is 0 Å². The van der Waals surface area contributed by atoms with Crippen LogP contribution in [-0.4, -0.2) is 18.1 Å². The second kappa shape index (κ2) is 14.1. The van der Waals surface area contributed by atoms with Gasteiger partial charge < -0.3 is 13.9 Å². The fraction of sp³-hybridized carbons (Fsp3) is 0.400. The molecule has 1 unspecified atom stereocenters. The first kappa shape index (κ1) is 20.8. The smallest absolute Gasteiger partial charge is 0.328 e. The van der Waals surface area contributed by atoms with Crippen LogP contribution in [0.4, 0.5) is 0 Å². The molecule has 1 N–H and O–H groups in total. The van der Waals surface area contributed by atoms with Crippen LogP contribution in [0.1, 0.15) is 39.5 Å². The highest BCUT2D eigenvalue weighted by Crippen LogP contribution is 2.32. The van der Waals surface area contributed by atoms with Crippen LogP contribution in [0.5, 0.6) is 0 Å². The predicted molar refractivity (Wildman–Crippen MR) is 103 cm³/mol. The van der Waals surface area contributed by atoms with Crippen LogP contribution in [0.15, 0.2) is 60.7 Å². The summed E-state index contributed by atoms with van der Waals surface area (Å²) in [6.45, 7) is 5.13. The SMILES string of the molecule is CCCCCCOP(O)OCC.c1ccc(-c2ccccc2)cc1. The highest BCUT2D eigenvalue weighted by Gasteiger charge is 2.03. The number of rotatable bonds is 9. The van der Waals surface area contributed by atoms with E-state index in [1.165, 1.54) is 30.4 Å². The van der Waals surface area contributed by atoms with Gasteiger partial charge in [-0.3, -0.25) is 0 Å². The summed E-state index contributed by atoms with van der Waals surface area (Å²) in [6.07, 6.45) is 4.65. The third-order valence-electron chi connectivity index (χ3n) is 3.32. The number of benzene rings is 2. The Bertz CT molecular complexity index is 467. The van der Waals surface area contributed by atoms with Gasteiger partial charge in [0, 0.05) is 0 Å². The molecule has 0 aliphatic carbocycles. The van der Waals surface area contributed by atoms with Gasteiger partial charge in [0.25, 0.3) is 0 Å². The monoisotopic (exact) mass is 348 g/mol. The summed E-state index contributed by atoms with van der Waals surface area (Å²) in [7, 11) is -1.60. The zero-order valence-electron chi connectivity index (χ0n) is 14.7. The van der Waals surface area contributed by atoms with Gasteiger partial charge in [-0.05, 0) is 24.5 Å². The molecule has 2 aromatic carbocycles. The van der Waals surface area contributed by atoms with E-state index in [4.69, 9.17) is 13.9 Å². The molecule has 0 fully saturated rings. The maximum Gasteiger partial charge on any atom is 0.329 e. The van der Waals surface area contributed by atoms with Crippen molar-refractivity contribution < 1.29 is 13.9 Å². The zero-order valence-corrected chi connectivity index (χ0v) is 15.6. The van der Waals surface area contributed by atoms with Crippen molar-refractivity contribution in [2.45, 2.75) is 39.5 Å². The lowest BCUT2D eigenvalue weighted by Gasteiger charge is -2.08. The second-order valence-electron chi connectivity index (χ2n) is 5.28. The fourth-order valence-electron chi connectivity index (χ4n) is 2.08. The summed E-state index contributed by atoms with van der Waals surface area (Å²) < 4.78 is 9.87. The third kappa shape index (κ3) is 9.79. The van der Waals surface area contributed by atoms with Crippen LogP contribution >= 0.6 is 8.60 Å². The molecule has 3 nitrogen and oxygen atoms in total. The molecule has 2 aromatic rings. The van der Waals surface area contributed by atoms with Gasteiger partial charge in [0.1, 0.15) is 0 Å². The van der Waals surface area contributed by atoms with E-state index in [0.717, 1.165) is 6.42 Å². The first-order chi connectivity index (χ1) is 11.8. The minimum atomic E-state index is -1.60. The average Bonchev–Trinajstić information content (AvgIpc) is 2.64. The van der Waals surface area contributed by atoms with Crippen molar-refractivity contribution in [3.8, 4) is 11.1 Å². The highest BCUT2D eigenvalue weighted by molar-refractivity contribution is 7.40. The van der Waals surface area contributed by atoms with Gasteiger partial charge >= 0.3 is 8.60 Å². The molecule has 4 heteroatoms. The van der Waals surface area contributed by atoms with Crippen LogP contribution in [-0.2, 0) is 9.05 Å². The zero-order chi connectivity index (χ0) is 17.5. The van der Waals surface area contributed by atoms with Gasteiger partial charge in [0.2, 0.25) is 0 Å². The van der Waals surface area contributed by atoms with Crippen molar-refractivity contribution in [2.75, 3.05) is 13.2 Å². The molecule has 24 heavy (non-hydrogen) atoms. The van der Waals surface area contributed by atoms with E-state index < -0.39 is 8.60 Å². The molecular formula is C20H29O3P. The average molecular weight is 348 g/mol. The minimum Gasteiger partial charge on any atom is -0.328 e. The molecule has 0 saturated heterocycles. The Labute approximate surface area is 147 Å². The van der Waals surface area contributed by atoms with E-state index in [2.05, 4.69) is 55.5 Å². The van der Waals surface area contributed by atoms with E-state index in [1.807, 2.05) is 19.1 Å². The topological polar surface area (TPSA) is 38.7 Å². The van der Waals surface area contributed by atoms with Gasteiger partial charge in [-0.15, -0.1) is 0 Å². The molecule has 0 saturated carbocycles. The van der Waals surface area contributed by atoms with Crippen LogP contribution in [0.25, 0.3) is 11.1 Å². The van der Waals surface area contributed by atoms with Gasteiger partial charge in [-0.2, -0.15) is 0 Å². The van der Waals surface area contributed by atoms with Crippen LogP contribution < -0.4 is 0 Å². The standard InChI is InChI=1S/C12H10.C8H19O3P/c1-3-7-11(8-4-1)12-9-5-2-6-10-12;1-3-5-6-7-8-11-12(9)10-4-2/h1-10H;9H,3-8H2,1-2H3. The van der Waals surface area contributed by atoms with Crippen molar-refractivity contribution in [1.29, 1.82) is 0 Å². The fourth-order valence-corrected chi connectivity index (χ4v) is 2.66. The molecule has 0 aromatic heterocycles. The minimum absolute atomic E-state index is 0.511. The third-order valence-corrected chi connectivity index (χ3v) is 4.20. The van der Waals surface area contributed by atoms with E-state index in [-0.39, 0.29) is 0 Å². The van der Waals surface area contributed by atoms with E-state index in [9.17, 15) is 0 Å². The van der Waals surface area contributed by atoms with Gasteiger partial charge in [-0.1, -0.05) is 86.8 Å². The molecule has 0 aliphatic rings. The lowest BCUT2D eigenvalue weighted by Crippen LogP contribution is -1.92. The Morgan fingerprint density at radius 1 is 0.750 bits per heavy atom. The van der Waals surface area contributed by atoms with E-state index >= 15 is 0 Å². The van der Waals surface area contributed by atoms with Gasteiger partial charge in [0.05, 0.1) is 13.2 Å². The van der Waals surface area contributed by atoms with Crippen LogP contribution in [0, 0.1) is 0 Å². The maximum atomic E-state index is 9.03. The Morgan fingerprint density at radius 3 is 1.75 bits per heavy atom. The maximum absolute atomic E-state index is 9.03. The molecule has 0 heterocycles. The largest absolute Gasteiger partial charge is 0.329 e. The molecule has 2 rings (SSSR count). The summed E-state index contributed by atoms with van der Waals surface area (Å²) in [5.41, 5.74) is 2.55. The number of unbranched alkanes of at least 4 members (excludes halogenated alkanes) is 3. The summed E-state index contributed by atoms with van der Waals surface area (Å²) in [6, 6.07) is 20.8. The Morgan fingerprint density at radius 2 is 1.29 bits per heavy atom. The summed E-state index contributed by atoms with van der Waals surface area (Å²) in [5, 5.41) is 0.